The second-order valence-corrected chi connectivity index (χ2v) is 5.61. The van der Waals surface area contributed by atoms with Crippen molar-refractivity contribution in [3.63, 3.8) is 0 Å². The summed E-state index contributed by atoms with van der Waals surface area (Å²) in [4.78, 5) is 23.3. The van der Waals surface area contributed by atoms with Crippen LogP contribution in [0.1, 0.15) is 26.7 Å². The highest BCUT2D eigenvalue weighted by molar-refractivity contribution is 8.00. The molecule has 0 aliphatic heterocycles. The Bertz CT molecular complexity index is 461. The second kappa shape index (κ2) is 9.39. The maximum Gasteiger partial charge on any atom is 0.234 e. The number of carbonyl (C=O) groups excluding carboxylic acids is 2. The van der Waals surface area contributed by atoms with Gasteiger partial charge in [-0.2, -0.15) is 0 Å². The number of thioether (sulfide) groups is 1. The standard InChI is InChI=1S/C15H21FN2O2S/c1-3-12(4-2)17-14(19)9-21-10-15(20)18-13-7-5-11(16)6-8-13/h5-8,12H,3-4,9-10H2,1-2H3,(H,17,19)(H,18,20). The molecule has 2 N–H and O–H groups in total. The van der Waals surface area contributed by atoms with Crippen molar-refractivity contribution in [2.24, 2.45) is 0 Å². The van der Waals surface area contributed by atoms with Gasteiger partial charge in [0, 0.05) is 11.7 Å². The highest BCUT2D eigenvalue weighted by atomic mass is 32.2. The van der Waals surface area contributed by atoms with Gasteiger partial charge < -0.3 is 10.6 Å². The molecule has 0 unspecified atom stereocenters. The molecule has 0 heterocycles. The van der Waals surface area contributed by atoms with Gasteiger partial charge in [0.1, 0.15) is 5.82 Å². The van der Waals surface area contributed by atoms with Crippen LogP contribution in [0.15, 0.2) is 24.3 Å². The van der Waals surface area contributed by atoms with Crippen LogP contribution in [0, 0.1) is 5.82 Å². The third-order valence-electron chi connectivity index (χ3n) is 2.95. The molecular weight excluding hydrogens is 291 g/mol. The Morgan fingerprint density at radius 2 is 1.67 bits per heavy atom. The summed E-state index contributed by atoms with van der Waals surface area (Å²) in [6.07, 6.45) is 1.80. The van der Waals surface area contributed by atoms with Crippen LogP contribution in [-0.4, -0.2) is 29.4 Å². The molecule has 0 aliphatic carbocycles. The number of hydrogen-bond acceptors (Lipinski definition) is 3. The minimum absolute atomic E-state index is 0.0525. The van der Waals surface area contributed by atoms with E-state index in [1.165, 1.54) is 36.0 Å². The summed E-state index contributed by atoms with van der Waals surface area (Å²) in [5.74, 6) is -0.160. The fourth-order valence-electron chi connectivity index (χ4n) is 1.73. The monoisotopic (exact) mass is 312 g/mol. The molecule has 0 atom stereocenters. The lowest BCUT2D eigenvalue weighted by Gasteiger charge is -2.14. The van der Waals surface area contributed by atoms with E-state index in [4.69, 9.17) is 0 Å². The van der Waals surface area contributed by atoms with Crippen molar-refractivity contribution in [2.75, 3.05) is 16.8 Å². The van der Waals surface area contributed by atoms with Gasteiger partial charge in [0.25, 0.3) is 0 Å². The summed E-state index contributed by atoms with van der Waals surface area (Å²) >= 11 is 1.26. The van der Waals surface area contributed by atoms with E-state index in [0.717, 1.165) is 12.8 Å². The van der Waals surface area contributed by atoms with Crippen molar-refractivity contribution in [1.29, 1.82) is 0 Å². The molecule has 0 spiro atoms. The van der Waals surface area contributed by atoms with Gasteiger partial charge in [0.15, 0.2) is 0 Å². The average Bonchev–Trinajstić information content (AvgIpc) is 2.47. The lowest BCUT2D eigenvalue weighted by Crippen LogP contribution is -2.35. The van der Waals surface area contributed by atoms with Gasteiger partial charge in [-0.25, -0.2) is 4.39 Å². The van der Waals surface area contributed by atoms with Crippen molar-refractivity contribution in [3.05, 3.63) is 30.1 Å². The molecule has 1 aromatic carbocycles. The summed E-state index contributed by atoms with van der Waals surface area (Å²) in [6, 6.07) is 5.76. The van der Waals surface area contributed by atoms with E-state index >= 15 is 0 Å². The first-order valence-corrected chi connectivity index (χ1v) is 8.13. The highest BCUT2D eigenvalue weighted by Gasteiger charge is 2.09. The minimum atomic E-state index is -0.347. The maximum atomic E-state index is 12.7. The predicted molar refractivity (Wildman–Crippen MR) is 84.9 cm³/mol. The zero-order valence-corrected chi connectivity index (χ0v) is 13.1. The van der Waals surface area contributed by atoms with Crippen molar-refractivity contribution < 1.29 is 14.0 Å². The smallest absolute Gasteiger partial charge is 0.234 e. The largest absolute Gasteiger partial charge is 0.353 e. The molecule has 0 aliphatic rings. The fourth-order valence-corrected chi connectivity index (χ4v) is 2.36. The molecule has 6 heteroatoms. The number of hydrogen-bond donors (Lipinski definition) is 2. The van der Waals surface area contributed by atoms with E-state index in [9.17, 15) is 14.0 Å². The van der Waals surface area contributed by atoms with Crippen molar-refractivity contribution >= 4 is 29.3 Å². The lowest BCUT2D eigenvalue weighted by atomic mass is 10.2. The van der Waals surface area contributed by atoms with E-state index in [-0.39, 0.29) is 35.2 Å². The zero-order chi connectivity index (χ0) is 15.7. The summed E-state index contributed by atoms with van der Waals surface area (Å²) < 4.78 is 12.7. The number of rotatable bonds is 8. The lowest BCUT2D eigenvalue weighted by molar-refractivity contribution is -0.119. The maximum absolute atomic E-state index is 12.7. The topological polar surface area (TPSA) is 58.2 Å². The van der Waals surface area contributed by atoms with Crippen LogP contribution in [-0.2, 0) is 9.59 Å². The van der Waals surface area contributed by atoms with E-state index in [1.807, 2.05) is 13.8 Å². The molecule has 2 amide bonds. The first-order chi connectivity index (χ1) is 10.0. The average molecular weight is 312 g/mol. The number of nitrogens with one attached hydrogen (secondary N) is 2. The molecule has 0 saturated heterocycles. The SMILES string of the molecule is CCC(CC)NC(=O)CSCC(=O)Nc1ccc(F)cc1. The van der Waals surface area contributed by atoms with E-state index in [1.54, 1.807) is 0 Å². The molecule has 0 saturated carbocycles. The molecule has 116 valence electrons. The van der Waals surface area contributed by atoms with Gasteiger partial charge in [0.05, 0.1) is 11.5 Å². The number of amides is 2. The van der Waals surface area contributed by atoms with E-state index in [0.29, 0.717) is 5.69 Å². The first kappa shape index (κ1) is 17.5. The van der Waals surface area contributed by atoms with Gasteiger partial charge in [0.2, 0.25) is 11.8 Å². The molecular formula is C15H21FN2O2S. The third kappa shape index (κ3) is 7.13. The number of anilines is 1. The fraction of sp³-hybridized carbons (Fsp3) is 0.467. The Hall–Kier alpha value is -1.56. The van der Waals surface area contributed by atoms with Crippen molar-refractivity contribution in [3.8, 4) is 0 Å². The minimum Gasteiger partial charge on any atom is -0.353 e. The Balaban J connectivity index is 2.24. The van der Waals surface area contributed by atoms with Gasteiger partial charge in [-0.05, 0) is 37.1 Å². The molecule has 0 radical (unpaired) electrons. The number of benzene rings is 1. The molecule has 4 nitrogen and oxygen atoms in total. The third-order valence-corrected chi connectivity index (χ3v) is 3.88. The Morgan fingerprint density at radius 1 is 1.10 bits per heavy atom. The quantitative estimate of drug-likeness (QED) is 0.776. The van der Waals surface area contributed by atoms with Gasteiger partial charge >= 0.3 is 0 Å². The molecule has 0 aromatic heterocycles. The second-order valence-electron chi connectivity index (χ2n) is 4.63. The van der Waals surface area contributed by atoms with Crippen molar-refractivity contribution in [1.82, 2.24) is 5.32 Å². The molecule has 1 aromatic rings. The Kier molecular flexibility index (Phi) is 7.82. The summed E-state index contributed by atoms with van der Waals surface area (Å²) in [6.45, 7) is 4.05. The Labute approximate surface area is 128 Å². The van der Waals surface area contributed by atoms with Crippen LogP contribution < -0.4 is 10.6 Å². The molecule has 0 fully saturated rings. The molecule has 0 bridgehead atoms. The van der Waals surface area contributed by atoms with Gasteiger partial charge in [-0.15, -0.1) is 11.8 Å². The zero-order valence-electron chi connectivity index (χ0n) is 12.3. The summed E-state index contributed by atoms with van der Waals surface area (Å²) in [5.41, 5.74) is 0.545. The summed E-state index contributed by atoms with van der Waals surface area (Å²) in [5, 5.41) is 5.56. The van der Waals surface area contributed by atoms with E-state index < -0.39 is 0 Å². The molecule has 1 rings (SSSR count). The van der Waals surface area contributed by atoms with E-state index in [2.05, 4.69) is 10.6 Å². The van der Waals surface area contributed by atoms with Crippen LogP contribution in [0.5, 0.6) is 0 Å². The summed E-state index contributed by atoms with van der Waals surface area (Å²) in [7, 11) is 0. The number of carbonyl (C=O) groups is 2. The van der Waals surface area contributed by atoms with Crippen LogP contribution in [0.2, 0.25) is 0 Å². The van der Waals surface area contributed by atoms with Crippen LogP contribution >= 0.6 is 11.8 Å². The van der Waals surface area contributed by atoms with Crippen LogP contribution in [0.3, 0.4) is 0 Å². The van der Waals surface area contributed by atoms with Gasteiger partial charge in [-0.1, -0.05) is 13.8 Å². The highest BCUT2D eigenvalue weighted by Crippen LogP contribution is 2.09. The molecule has 21 heavy (non-hydrogen) atoms. The Morgan fingerprint density at radius 3 is 2.24 bits per heavy atom. The first-order valence-electron chi connectivity index (χ1n) is 6.97. The van der Waals surface area contributed by atoms with Gasteiger partial charge in [-0.3, -0.25) is 9.59 Å². The number of halogens is 1. The predicted octanol–water partition coefficient (Wildman–Crippen LogP) is 2.80. The van der Waals surface area contributed by atoms with Crippen LogP contribution in [0.25, 0.3) is 0 Å². The van der Waals surface area contributed by atoms with Crippen LogP contribution in [0.4, 0.5) is 10.1 Å². The normalized spacial score (nSPS) is 10.5. The van der Waals surface area contributed by atoms with Crippen molar-refractivity contribution in [2.45, 2.75) is 32.7 Å².